The average Bonchev–Trinajstić information content (AvgIpc) is 1.82. The van der Waals surface area contributed by atoms with Gasteiger partial charge in [-0.05, 0) is 20.8 Å². The number of hydrogen-bond donors (Lipinski definition) is 2. The predicted octanol–water partition coefficient (Wildman–Crippen LogP) is 0.285. The van der Waals surface area contributed by atoms with Crippen molar-refractivity contribution in [3.05, 3.63) is 0 Å². The molecule has 0 saturated carbocycles. The van der Waals surface area contributed by atoms with Crippen LogP contribution >= 0.6 is 0 Å². The zero-order chi connectivity index (χ0) is 9.78. The van der Waals surface area contributed by atoms with Crippen molar-refractivity contribution in [3.8, 4) is 12.3 Å². The van der Waals surface area contributed by atoms with Crippen LogP contribution in [-0.4, -0.2) is 22.7 Å². The van der Waals surface area contributed by atoms with Crippen LogP contribution in [0.3, 0.4) is 0 Å². The lowest BCUT2D eigenvalue weighted by Crippen LogP contribution is -2.36. The monoisotopic (exact) mass is 169 g/mol. The first-order valence-electron chi connectivity index (χ1n) is 3.83. The highest BCUT2D eigenvalue weighted by Crippen LogP contribution is 2.06. The molecule has 1 unspecified atom stereocenters. The Morgan fingerprint density at radius 1 is 1.75 bits per heavy atom. The Morgan fingerprint density at radius 2 is 2.25 bits per heavy atom. The number of rotatable bonds is 3. The number of nitrogens with one attached hydrogen (secondary N) is 1. The highest BCUT2D eigenvalue weighted by Gasteiger charge is 2.18. The first-order chi connectivity index (χ1) is 5.35. The number of aliphatic hydroxyl groups is 1. The van der Waals surface area contributed by atoms with Crippen molar-refractivity contribution >= 4 is 5.91 Å². The fraction of sp³-hybridized carbons (Fsp3) is 0.667. The van der Waals surface area contributed by atoms with E-state index in [0.717, 1.165) is 0 Å². The molecule has 0 rings (SSSR count). The van der Waals surface area contributed by atoms with Gasteiger partial charge in [-0.1, -0.05) is 5.92 Å². The minimum atomic E-state index is -0.974. The molecule has 0 heterocycles. The lowest BCUT2D eigenvalue weighted by Gasteiger charge is -2.17. The lowest BCUT2D eigenvalue weighted by molar-refractivity contribution is -0.125. The van der Waals surface area contributed by atoms with Gasteiger partial charge in [0.1, 0.15) is 0 Å². The Labute approximate surface area is 73.2 Å². The van der Waals surface area contributed by atoms with Crippen LogP contribution in [0.5, 0.6) is 0 Å². The highest BCUT2D eigenvalue weighted by atomic mass is 16.3. The lowest BCUT2D eigenvalue weighted by atomic mass is 10.1. The molecule has 3 nitrogen and oxygen atoms in total. The number of terminal acetylenes is 1. The minimum absolute atomic E-state index is 0.0685. The van der Waals surface area contributed by atoms with Crippen molar-refractivity contribution < 1.29 is 9.90 Å². The van der Waals surface area contributed by atoms with Gasteiger partial charge in [-0.25, -0.2) is 0 Å². The summed E-state index contributed by atoms with van der Waals surface area (Å²) in [5.41, 5.74) is -0.974. The molecule has 0 aliphatic heterocycles. The van der Waals surface area contributed by atoms with Crippen molar-refractivity contribution in [1.29, 1.82) is 0 Å². The maximum atomic E-state index is 11.1. The van der Waals surface area contributed by atoms with Crippen molar-refractivity contribution in [3.63, 3.8) is 0 Å². The van der Waals surface area contributed by atoms with E-state index in [9.17, 15) is 9.90 Å². The summed E-state index contributed by atoms with van der Waals surface area (Å²) in [6, 6.07) is -0.278. The van der Waals surface area contributed by atoms with Crippen LogP contribution < -0.4 is 5.32 Å². The molecule has 0 aromatic carbocycles. The van der Waals surface area contributed by atoms with Crippen LogP contribution in [0.2, 0.25) is 0 Å². The fourth-order valence-electron chi connectivity index (χ4n) is 0.727. The molecule has 0 radical (unpaired) electrons. The second-order valence-electron chi connectivity index (χ2n) is 3.45. The zero-order valence-corrected chi connectivity index (χ0v) is 7.72. The molecule has 12 heavy (non-hydrogen) atoms. The van der Waals surface area contributed by atoms with Gasteiger partial charge in [-0.15, -0.1) is 6.42 Å². The molecule has 0 aromatic rings. The summed E-state index contributed by atoms with van der Waals surface area (Å²) in [5.74, 6) is 2.14. The van der Waals surface area contributed by atoms with Crippen LogP contribution in [0.1, 0.15) is 27.2 Å². The molecule has 0 fully saturated rings. The van der Waals surface area contributed by atoms with E-state index in [1.165, 1.54) is 0 Å². The summed E-state index contributed by atoms with van der Waals surface area (Å²) in [7, 11) is 0. The van der Waals surface area contributed by atoms with E-state index in [0.29, 0.717) is 0 Å². The zero-order valence-electron chi connectivity index (χ0n) is 7.72. The third kappa shape index (κ3) is 5.75. The standard InChI is InChI=1S/C9H15NO2/c1-5-7(2)10-8(11)6-9(3,4)12/h1,7,12H,6H2,2-4H3,(H,10,11). The summed E-state index contributed by atoms with van der Waals surface area (Å²) in [6.45, 7) is 4.86. The molecular formula is C9H15NO2. The van der Waals surface area contributed by atoms with E-state index in [1.54, 1.807) is 20.8 Å². The van der Waals surface area contributed by atoms with Gasteiger partial charge < -0.3 is 10.4 Å². The maximum absolute atomic E-state index is 11.1. The Kier molecular flexibility index (Phi) is 3.78. The molecule has 0 aliphatic carbocycles. The van der Waals surface area contributed by atoms with Crippen LogP contribution in [0, 0.1) is 12.3 Å². The molecule has 0 aliphatic rings. The molecule has 1 amide bonds. The second kappa shape index (κ2) is 4.13. The summed E-state index contributed by atoms with van der Waals surface area (Å²) < 4.78 is 0. The Balaban J connectivity index is 3.85. The summed E-state index contributed by atoms with van der Waals surface area (Å²) >= 11 is 0. The van der Waals surface area contributed by atoms with Gasteiger partial charge in [0, 0.05) is 0 Å². The van der Waals surface area contributed by atoms with Gasteiger partial charge >= 0.3 is 0 Å². The summed E-state index contributed by atoms with van der Waals surface area (Å²) in [4.78, 5) is 11.1. The SMILES string of the molecule is C#CC(C)NC(=O)CC(C)(C)O. The Hall–Kier alpha value is -1.01. The molecule has 0 saturated heterocycles. The number of carbonyl (C=O) groups excluding carboxylic acids is 1. The third-order valence-corrected chi connectivity index (χ3v) is 1.22. The van der Waals surface area contributed by atoms with E-state index in [1.807, 2.05) is 0 Å². The van der Waals surface area contributed by atoms with Gasteiger partial charge in [0.25, 0.3) is 0 Å². The van der Waals surface area contributed by atoms with E-state index in [-0.39, 0.29) is 18.4 Å². The minimum Gasteiger partial charge on any atom is -0.390 e. The van der Waals surface area contributed by atoms with Crippen molar-refractivity contribution in [2.45, 2.75) is 38.8 Å². The van der Waals surface area contributed by atoms with E-state index in [4.69, 9.17) is 6.42 Å². The van der Waals surface area contributed by atoms with Crippen molar-refractivity contribution in [2.24, 2.45) is 0 Å². The van der Waals surface area contributed by atoms with Crippen molar-refractivity contribution in [1.82, 2.24) is 5.32 Å². The molecule has 1 atom stereocenters. The van der Waals surface area contributed by atoms with Gasteiger partial charge in [0.05, 0.1) is 18.1 Å². The van der Waals surface area contributed by atoms with E-state index >= 15 is 0 Å². The largest absolute Gasteiger partial charge is 0.390 e. The van der Waals surface area contributed by atoms with E-state index < -0.39 is 5.60 Å². The molecular weight excluding hydrogens is 154 g/mol. The van der Waals surface area contributed by atoms with Gasteiger partial charge in [-0.3, -0.25) is 4.79 Å². The summed E-state index contributed by atoms with van der Waals surface area (Å²) in [6.07, 6.45) is 5.13. The van der Waals surface area contributed by atoms with Crippen LogP contribution in [0.25, 0.3) is 0 Å². The predicted molar refractivity (Wildman–Crippen MR) is 47.4 cm³/mol. The van der Waals surface area contributed by atoms with Crippen LogP contribution in [0.4, 0.5) is 0 Å². The summed E-state index contributed by atoms with van der Waals surface area (Å²) in [5, 5.41) is 11.8. The number of carbonyl (C=O) groups is 1. The first-order valence-corrected chi connectivity index (χ1v) is 3.83. The van der Waals surface area contributed by atoms with Gasteiger partial charge in [0.2, 0.25) is 5.91 Å². The average molecular weight is 169 g/mol. The number of hydrogen-bond acceptors (Lipinski definition) is 2. The van der Waals surface area contributed by atoms with Gasteiger partial charge in [0.15, 0.2) is 0 Å². The third-order valence-electron chi connectivity index (χ3n) is 1.22. The molecule has 0 bridgehead atoms. The van der Waals surface area contributed by atoms with Crippen LogP contribution in [0.15, 0.2) is 0 Å². The quantitative estimate of drug-likeness (QED) is 0.596. The topological polar surface area (TPSA) is 49.3 Å². The smallest absolute Gasteiger partial charge is 0.223 e. The normalized spacial score (nSPS) is 13.2. The molecule has 68 valence electrons. The van der Waals surface area contributed by atoms with Gasteiger partial charge in [-0.2, -0.15) is 0 Å². The highest BCUT2D eigenvalue weighted by molar-refractivity contribution is 5.77. The molecule has 3 heteroatoms. The molecule has 0 spiro atoms. The molecule has 2 N–H and O–H groups in total. The first kappa shape index (κ1) is 11.0. The molecule has 0 aromatic heterocycles. The van der Waals surface area contributed by atoms with E-state index in [2.05, 4.69) is 11.2 Å². The Bertz CT molecular complexity index is 198. The van der Waals surface area contributed by atoms with Crippen LogP contribution in [-0.2, 0) is 4.79 Å². The fourth-order valence-corrected chi connectivity index (χ4v) is 0.727. The second-order valence-corrected chi connectivity index (χ2v) is 3.45. The number of amides is 1. The maximum Gasteiger partial charge on any atom is 0.223 e. The Morgan fingerprint density at radius 3 is 2.58 bits per heavy atom. The van der Waals surface area contributed by atoms with Crippen molar-refractivity contribution in [2.75, 3.05) is 0 Å².